The topological polar surface area (TPSA) is 74.1 Å². The largest absolute Gasteiger partial charge is 0.411 e. The molecular weight excluding hydrogens is 267 g/mol. The van der Waals surface area contributed by atoms with Crippen molar-refractivity contribution in [3.05, 3.63) is 5.82 Å². The Kier molecular flexibility index (Phi) is 6.67. The summed E-state index contributed by atoms with van der Waals surface area (Å²) in [7, 11) is 1.59. The summed E-state index contributed by atoms with van der Waals surface area (Å²) in [4.78, 5) is 0. The maximum Gasteiger partial charge on any atom is 0.411 e. The van der Waals surface area contributed by atoms with Crippen LogP contribution in [0.4, 0.5) is 13.2 Å². The average Bonchev–Trinajstić information content (AvgIpc) is 2.77. The number of nitrogens with zero attached hydrogens (tertiary/aromatic N) is 4. The highest BCUT2D eigenvalue weighted by Crippen LogP contribution is 2.14. The summed E-state index contributed by atoms with van der Waals surface area (Å²) in [5.41, 5.74) is 0. The molecule has 0 radical (unpaired) electrons. The lowest BCUT2D eigenvalue weighted by Crippen LogP contribution is -2.23. The number of rotatable bonds is 9. The van der Waals surface area contributed by atoms with Crippen molar-refractivity contribution in [3.8, 4) is 0 Å². The molecule has 0 aliphatic heterocycles. The number of hydrogen-bond acceptors (Lipinski definition) is 6. The fourth-order valence-electron chi connectivity index (χ4n) is 1.24. The third kappa shape index (κ3) is 7.03. The minimum atomic E-state index is -4.31. The molecule has 0 spiro atoms. The van der Waals surface area contributed by atoms with E-state index in [-0.39, 0.29) is 13.2 Å². The zero-order valence-corrected chi connectivity index (χ0v) is 10.5. The number of aromatic nitrogens is 4. The lowest BCUT2D eigenvalue weighted by atomic mass is 10.5. The van der Waals surface area contributed by atoms with E-state index in [1.807, 2.05) is 0 Å². The van der Waals surface area contributed by atoms with Gasteiger partial charge >= 0.3 is 6.18 Å². The molecule has 0 unspecified atom stereocenters. The number of alkyl halides is 3. The van der Waals surface area contributed by atoms with Gasteiger partial charge in [-0.25, -0.2) is 4.68 Å². The fraction of sp³-hybridized carbons (Fsp3) is 0.889. The van der Waals surface area contributed by atoms with Crippen molar-refractivity contribution in [2.75, 3.05) is 33.5 Å². The first-order valence-corrected chi connectivity index (χ1v) is 5.62. The molecule has 0 amide bonds. The van der Waals surface area contributed by atoms with Gasteiger partial charge in [-0.1, -0.05) is 0 Å². The van der Waals surface area contributed by atoms with Gasteiger partial charge < -0.3 is 14.8 Å². The van der Waals surface area contributed by atoms with Gasteiger partial charge in [-0.05, 0) is 10.4 Å². The van der Waals surface area contributed by atoms with Gasteiger partial charge in [-0.3, -0.25) is 0 Å². The molecule has 0 fully saturated rings. The number of methoxy groups -OCH3 is 1. The van der Waals surface area contributed by atoms with Crippen LogP contribution in [-0.4, -0.2) is 59.9 Å². The number of hydrogen-bond donors (Lipinski definition) is 1. The monoisotopic (exact) mass is 283 g/mol. The highest BCUT2D eigenvalue weighted by Gasteiger charge is 2.27. The van der Waals surface area contributed by atoms with Gasteiger partial charge in [0, 0.05) is 13.7 Å². The van der Waals surface area contributed by atoms with E-state index in [1.165, 1.54) is 4.68 Å². The molecule has 0 atom stereocenters. The summed E-state index contributed by atoms with van der Waals surface area (Å²) in [6.07, 6.45) is -4.31. The van der Waals surface area contributed by atoms with Crippen LogP contribution in [0.1, 0.15) is 5.82 Å². The summed E-state index contributed by atoms with van der Waals surface area (Å²) >= 11 is 0. The van der Waals surface area contributed by atoms with Gasteiger partial charge in [0.05, 0.1) is 26.3 Å². The number of nitrogens with one attached hydrogen (secondary N) is 1. The molecular formula is C9H16F3N5O2. The first-order valence-electron chi connectivity index (χ1n) is 5.62. The van der Waals surface area contributed by atoms with Crippen molar-refractivity contribution in [1.82, 2.24) is 25.5 Å². The maximum atomic E-state index is 11.8. The average molecular weight is 283 g/mol. The smallest absolute Gasteiger partial charge is 0.383 e. The first kappa shape index (κ1) is 15.8. The van der Waals surface area contributed by atoms with Gasteiger partial charge in [-0.15, -0.1) is 5.10 Å². The van der Waals surface area contributed by atoms with E-state index in [0.717, 1.165) is 0 Å². The highest BCUT2D eigenvalue weighted by molar-refractivity contribution is 4.79. The van der Waals surface area contributed by atoms with Crippen LogP contribution in [0.2, 0.25) is 0 Å². The van der Waals surface area contributed by atoms with Crippen molar-refractivity contribution in [2.45, 2.75) is 19.3 Å². The fourth-order valence-corrected chi connectivity index (χ4v) is 1.24. The van der Waals surface area contributed by atoms with E-state index < -0.39 is 12.8 Å². The van der Waals surface area contributed by atoms with Gasteiger partial charge in [-0.2, -0.15) is 13.2 Å². The molecule has 1 heterocycles. The number of ether oxygens (including phenoxy) is 2. The van der Waals surface area contributed by atoms with Gasteiger partial charge in [0.1, 0.15) is 6.61 Å². The Morgan fingerprint density at radius 3 is 2.79 bits per heavy atom. The molecule has 10 heteroatoms. The van der Waals surface area contributed by atoms with E-state index in [4.69, 9.17) is 4.74 Å². The van der Waals surface area contributed by atoms with Gasteiger partial charge in [0.15, 0.2) is 5.82 Å². The molecule has 110 valence electrons. The Morgan fingerprint density at radius 1 is 1.32 bits per heavy atom. The molecule has 0 aliphatic carbocycles. The van der Waals surface area contributed by atoms with E-state index in [0.29, 0.717) is 25.5 Å². The van der Waals surface area contributed by atoms with Crippen LogP contribution < -0.4 is 5.32 Å². The number of halogens is 3. The Bertz CT molecular complexity index is 358. The molecule has 0 bridgehead atoms. The third-order valence-corrected chi connectivity index (χ3v) is 2.09. The zero-order valence-electron chi connectivity index (χ0n) is 10.5. The van der Waals surface area contributed by atoms with Gasteiger partial charge in [0.2, 0.25) is 0 Å². The van der Waals surface area contributed by atoms with Crippen LogP contribution in [0.25, 0.3) is 0 Å². The summed E-state index contributed by atoms with van der Waals surface area (Å²) in [5, 5.41) is 13.9. The number of tetrazole rings is 1. The molecule has 0 saturated carbocycles. The van der Waals surface area contributed by atoms with Crippen LogP contribution >= 0.6 is 0 Å². The molecule has 0 saturated heterocycles. The molecule has 0 aromatic carbocycles. The molecule has 7 nitrogen and oxygen atoms in total. The van der Waals surface area contributed by atoms with Gasteiger partial charge in [0.25, 0.3) is 0 Å². The van der Waals surface area contributed by atoms with Crippen LogP contribution in [-0.2, 0) is 22.6 Å². The van der Waals surface area contributed by atoms with Crippen molar-refractivity contribution >= 4 is 0 Å². The molecule has 1 rings (SSSR count). The minimum absolute atomic E-state index is 0.102. The summed E-state index contributed by atoms with van der Waals surface area (Å²) in [6.45, 7) is 0.399. The second-order valence-electron chi connectivity index (χ2n) is 3.66. The SMILES string of the molecule is COCCNCc1nnnn1CCOCC(F)(F)F. The highest BCUT2D eigenvalue weighted by atomic mass is 19.4. The van der Waals surface area contributed by atoms with E-state index in [1.54, 1.807) is 7.11 Å². The quantitative estimate of drug-likeness (QED) is 0.642. The minimum Gasteiger partial charge on any atom is -0.383 e. The van der Waals surface area contributed by atoms with Crippen LogP contribution in [0, 0.1) is 0 Å². The predicted octanol–water partition coefficient (Wildman–Crippen LogP) is -0.0120. The standard InChI is InChI=1S/C9H16F3N5O2/c1-18-4-2-13-6-8-14-15-16-17(8)3-5-19-7-9(10,11)12/h13H,2-7H2,1H3. The zero-order chi connectivity index (χ0) is 14.1. The van der Waals surface area contributed by atoms with Crippen molar-refractivity contribution < 1.29 is 22.6 Å². The molecule has 0 aliphatic rings. The Balaban J connectivity index is 2.24. The summed E-state index contributed by atoms with van der Waals surface area (Å²) < 4.78 is 46.3. The third-order valence-electron chi connectivity index (χ3n) is 2.09. The lowest BCUT2D eigenvalue weighted by Gasteiger charge is -2.08. The van der Waals surface area contributed by atoms with Crippen molar-refractivity contribution in [3.63, 3.8) is 0 Å². The van der Waals surface area contributed by atoms with E-state index in [9.17, 15) is 13.2 Å². The maximum absolute atomic E-state index is 11.8. The van der Waals surface area contributed by atoms with Crippen molar-refractivity contribution in [2.24, 2.45) is 0 Å². The van der Waals surface area contributed by atoms with Crippen LogP contribution in [0.15, 0.2) is 0 Å². The molecule has 1 aromatic heterocycles. The molecule has 19 heavy (non-hydrogen) atoms. The van der Waals surface area contributed by atoms with Crippen LogP contribution in [0.5, 0.6) is 0 Å². The lowest BCUT2D eigenvalue weighted by molar-refractivity contribution is -0.174. The van der Waals surface area contributed by atoms with E-state index >= 15 is 0 Å². The Labute approximate surface area is 108 Å². The first-order chi connectivity index (χ1) is 9.03. The van der Waals surface area contributed by atoms with Crippen LogP contribution in [0.3, 0.4) is 0 Å². The second kappa shape index (κ2) is 8.02. The molecule has 1 N–H and O–H groups in total. The predicted molar refractivity (Wildman–Crippen MR) is 58.3 cm³/mol. The summed E-state index contributed by atoms with van der Waals surface area (Å²) in [5.74, 6) is 0.534. The normalized spacial score (nSPS) is 12.0. The Morgan fingerprint density at radius 2 is 2.11 bits per heavy atom. The second-order valence-corrected chi connectivity index (χ2v) is 3.66. The summed E-state index contributed by atoms with van der Waals surface area (Å²) in [6, 6.07) is 0. The van der Waals surface area contributed by atoms with Crippen molar-refractivity contribution in [1.29, 1.82) is 0 Å². The Hall–Kier alpha value is -1.26. The molecule has 1 aromatic rings. The van der Waals surface area contributed by atoms with E-state index in [2.05, 4.69) is 25.6 Å².